The van der Waals surface area contributed by atoms with E-state index < -0.39 is 0 Å². The van der Waals surface area contributed by atoms with E-state index in [2.05, 4.69) is 194 Å². The van der Waals surface area contributed by atoms with Gasteiger partial charge in [-0.05, 0) is 231 Å². The van der Waals surface area contributed by atoms with Gasteiger partial charge >= 0.3 is 17.9 Å². The molecule has 12 heteroatoms. The molecule has 0 saturated heterocycles. The normalized spacial score (nSPS) is 16.2. The molecule has 101 heavy (non-hydrogen) atoms. The van der Waals surface area contributed by atoms with E-state index in [0.717, 1.165) is 65.0 Å². The zero-order chi connectivity index (χ0) is 68.8. The minimum atomic E-state index is -0.339. The van der Waals surface area contributed by atoms with E-state index in [1.807, 2.05) is 115 Å². The minimum absolute atomic E-state index is 0.0327. The van der Waals surface area contributed by atoms with Gasteiger partial charge < -0.3 is 28.4 Å². The van der Waals surface area contributed by atoms with Gasteiger partial charge in [-0.1, -0.05) is 164 Å². The van der Waals surface area contributed by atoms with Crippen LogP contribution in [0.2, 0.25) is 0 Å². The maximum absolute atomic E-state index is 13.0. The molecule has 4 fully saturated rings. The third kappa shape index (κ3) is 18.2. The lowest BCUT2D eigenvalue weighted by molar-refractivity contribution is -0.172. The van der Waals surface area contributed by atoms with Crippen molar-refractivity contribution in [1.82, 2.24) is 0 Å². The third-order valence-electron chi connectivity index (χ3n) is 18.3. The van der Waals surface area contributed by atoms with Crippen molar-refractivity contribution in [2.75, 3.05) is 39.6 Å². The molecule has 0 N–H and O–H groups in total. The van der Waals surface area contributed by atoms with Crippen LogP contribution in [-0.2, 0) is 51.7 Å². The van der Waals surface area contributed by atoms with Crippen molar-refractivity contribution in [1.29, 1.82) is 0 Å². The number of carbonyl (C=O) groups is 3. The van der Waals surface area contributed by atoms with Crippen molar-refractivity contribution >= 4 is 61.4 Å². The number of hydrogen-bond donors (Lipinski definition) is 0. The number of ether oxygens (including phenoxy) is 6. The molecule has 16 rings (SSSR count). The first-order valence-corrected chi connectivity index (χ1v) is 38.2. The molecular formula is C89H81O9S3+3. The topological polar surface area (TPSA) is 107 Å². The molecule has 4 bridgehead atoms. The predicted octanol–water partition coefficient (Wildman–Crippen LogP) is 20.1. The molecule has 0 atom stereocenters. The van der Waals surface area contributed by atoms with Gasteiger partial charge in [0.15, 0.2) is 44.1 Å². The highest BCUT2D eigenvalue weighted by Gasteiger charge is 2.55. The van der Waals surface area contributed by atoms with E-state index in [1.54, 1.807) is 18.2 Å². The van der Waals surface area contributed by atoms with Gasteiger partial charge in [0.25, 0.3) is 0 Å². The summed E-state index contributed by atoms with van der Waals surface area (Å²) in [7, 11) is -0.544. The lowest BCUT2D eigenvalue weighted by Crippen LogP contribution is -2.50. The molecule has 0 radical (unpaired) electrons. The summed E-state index contributed by atoms with van der Waals surface area (Å²) in [5, 5.41) is 1.91. The molecule has 12 aromatic carbocycles. The fourth-order valence-corrected chi connectivity index (χ4v) is 20.4. The van der Waals surface area contributed by atoms with Crippen LogP contribution in [0.25, 0.3) is 10.8 Å². The van der Waals surface area contributed by atoms with E-state index >= 15 is 0 Å². The summed E-state index contributed by atoms with van der Waals surface area (Å²) in [6.07, 6.45) is 7.14. The van der Waals surface area contributed by atoms with Gasteiger partial charge in [-0.15, -0.1) is 0 Å². The van der Waals surface area contributed by atoms with Gasteiger partial charge in [-0.25, -0.2) is 9.59 Å². The molecule has 12 aromatic rings. The molecule has 0 unspecified atom stereocenters. The summed E-state index contributed by atoms with van der Waals surface area (Å²) in [6, 6.07) is 111. The van der Waals surface area contributed by atoms with Gasteiger partial charge in [0.05, 0.1) is 49.2 Å². The quantitative estimate of drug-likeness (QED) is 0.0253. The van der Waals surface area contributed by atoms with Crippen LogP contribution in [0, 0.1) is 23.2 Å². The Labute approximate surface area is 601 Å². The molecule has 0 aromatic heterocycles. The Kier molecular flexibility index (Phi) is 23.8. The Morgan fingerprint density at radius 2 is 0.574 bits per heavy atom. The number of esters is 3. The first-order chi connectivity index (χ1) is 49.8. The molecule has 0 amide bonds. The smallest absolute Gasteiger partial charge is 0.338 e. The monoisotopic (exact) mass is 1390 g/mol. The second-order valence-electron chi connectivity index (χ2n) is 25.3. The van der Waals surface area contributed by atoms with Crippen molar-refractivity contribution in [3.63, 3.8) is 0 Å². The van der Waals surface area contributed by atoms with Crippen LogP contribution in [-0.4, -0.2) is 57.5 Å². The van der Waals surface area contributed by atoms with Gasteiger partial charge in [-0.2, -0.15) is 0 Å². The fraction of sp³-hybridized carbons (Fsp3) is 0.180. The molecule has 9 nitrogen and oxygen atoms in total. The Morgan fingerprint density at radius 3 is 0.931 bits per heavy atom. The van der Waals surface area contributed by atoms with Gasteiger partial charge in [-0.3, -0.25) is 4.79 Å². The maximum Gasteiger partial charge on any atom is 0.338 e. The molecule has 4 aliphatic rings. The molecular weight excluding hydrogens is 1310 g/mol. The summed E-state index contributed by atoms with van der Waals surface area (Å²) in [6.45, 7) is 1.69. The Hall–Kier alpha value is -10.2. The van der Waals surface area contributed by atoms with E-state index in [9.17, 15) is 14.4 Å². The first kappa shape index (κ1) is 69.2. The Balaban J connectivity index is 0.000000136. The summed E-state index contributed by atoms with van der Waals surface area (Å²) < 4.78 is 34.1. The number of hydrogen-bond acceptors (Lipinski definition) is 9. The van der Waals surface area contributed by atoms with E-state index in [4.69, 9.17) is 28.4 Å². The molecule has 4 saturated carbocycles. The molecule has 0 spiro atoms. The first-order valence-electron chi connectivity index (χ1n) is 34.6. The summed E-state index contributed by atoms with van der Waals surface area (Å²) >= 11 is 0. The SMILES string of the molecule is O=C(OCCOc1ccc([S+](c2ccccc2)c2ccccc2)cc1)C12CC3CC(CC(C3)C1)C2.O=C(OCCOc1ccc([S+](c2ccccc2)c2ccccc2)cc1)c1cccc2ccccc12.O=C(OCCOc1ccc([S+](c2ccccc2)c2ccccc2)cc1)c1ccccc1. The van der Waals surface area contributed by atoms with Crippen molar-refractivity contribution in [2.45, 2.75) is 82.6 Å². The average Bonchev–Trinajstić information content (AvgIpc) is 0.742. The minimum Gasteiger partial charge on any atom is -0.490 e. The maximum atomic E-state index is 13.0. The molecule has 4 aliphatic carbocycles. The highest BCUT2D eigenvalue weighted by Crippen LogP contribution is 2.60. The van der Waals surface area contributed by atoms with Gasteiger partial charge in [0.2, 0.25) is 0 Å². The number of carbonyl (C=O) groups excluding carboxylic acids is 3. The van der Waals surface area contributed by atoms with Crippen molar-refractivity contribution in [2.24, 2.45) is 23.2 Å². The number of rotatable bonds is 24. The average molecular weight is 1390 g/mol. The second-order valence-corrected chi connectivity index (χ2v) is 31.3. The second kappa shape index (κ2) is 34.7. The summed E-state index contributed by atoms with van der Waals surface area (Å²) in [5.41, 5.74) is 0.920. The Morgan fingerprint density at radius 1 is 0.287 bits per heavy atom. The number of benzene rings is 12. The molecule has 506 valence electrons. The highest BCUT2D eigenvalue weighted by atomic mass is 32.2. The predicted molar refractivity (Wildman–Crippen MR) is 403 cm³/mol. The van der Waals surface area contributed by atoms with Crippen molar-refractivity contribution < 1.29 is 42.8 Å². The van der Waals surface area contributed by atoms with Crippen LogP contribution in [0.4, 0.5) is 0 Å². The van der Waals surface area contributed by atoms with E-state index in [0.29, 0.717) is 37.6 Å². The Bertz CT molecular complexity index is 4400. The van der Waals surface area contributed by atoms with E-state index in [1.165, 1.54) is 63.3 Å². The van der Waals surface area contributed by atoms with Gasteiger partial charge in [0, 0.05) is 0 Å². The van der Waals surface area contributed by atoms with Crippen molar-refractivity contribution in [3.05, 3.63) is 339 Å². The fourth-order valence-electron chi connectivity index (χ4n) is 14.1. The van der Waals surface area contributed by atoms with Crippen LogP contribution in [0.15, 0.2) is 372 Å². The van der Waals surface area contributed by atoms with Crippen molar-refractivity contribution in [3.8, 4) is 17.2 Å². The molecule has 0 aliphatic heterocycles. The standard InChI is InChI=1S/C31H33O3S.C31H25O3S.C27H23O3S/c32-30(31-20-23-17-24(21-31)19-25(18-23)22-31)34-16-15-33-26-11-13-29(14-12-26)35(27-7-3-1-4-8-27)28-9-5-2-6-10-28;32-31(30-17-9-11-24-10-7-8-16-29(24)30)34-23-22-33-25-18-20-28(21-19-25)35(26-12-3-1-4-13-26)27-14-5-2-6-15-27;28-27(22-10-4-1-5-11-22)30-21-20-29-23-16-18-26(19-17-23)31(24-12-6-2-7-13-24)25-14-8-3-9-15-25/h1-14,23-25H,15-22H2;1-21H,22-23H2;1-19H,20-21H2/q3*+1. The zero-order valence-electron chi connectivity index (χ0n) is 56.3. The largest absolute Gasteiger partial charge is 0.490 e. The van der Waals surface area contributed by atoms with Gasteiger partial charge in [0.1, 0.15) is 56.9 Å². The lowest BCUT2D eigenvalue weighted by atomic mass is 9.49. The van der Waals surface area contributed by atoms with Crippen LogP contribution >= 0.6 is 0 Å². The summed E-state index contributed by atoms with van der Waals surface area (Å²) in [5.74, 6) is 3.92. The molecule has 0 heterocycles. The highest BCUT2D eigenvalue weighted by molar-refractivity contribution is 7.97. The third-order valence-corrected chi connectivity index (χ3v) is 25.0. The van der Waals surface area contributed by atoms with Crippen LogP contribution < -0.4 is 14.2 Å². The van der Waals surface area contributed by atoms with Crippen LogP contribution in [0.1, 0.15) is 59.2 Å². The van der Waals surface area contributed by atoms with Crippen LogP contribution in [0.3, 0.4) is 0 Å². The lowest BCUT2D eigenvalue weighted by Gasteiger charge is -2.55. The zero-order valence-corrected chi connectivity index (χ0v) is 58.7. The van der Waals surface area contributed by atoms with E-state index in [-0.39, 0.29) is 69.2 Å². The number of fused-ring (bicyclic) bond motifs is 1. The summed E-state index contributed by atoms with van der Waals surface area (Å²) in [4.78, 5) is 48.9. The van der Waals surface area contributed by atoms with Crippen LogP contribution in [0.5, 0.6) is 17.2 Å².